The van der Waals surface area contributed by atoms with Gasteiger partial charge in [0.1, 0.15) is 5.60 Å². The van der Waals surface area contributed by atoms with Gasteiger partial charge in [-0.25, -0.2) is 9.59 Å². The van der Waals surface area contributed by atoms with Crippen LogP contribution in [0.2, 0.25) is 0 Å². The molecule has 0 aliphatic rings. The smallest absolute Gasteiger partial charge is 0.412 e. The molecule has 0 saturated heterocycles. The minimum absolute atomic E-state index is 0.220. The predicted octanol–water partition coefficient (Wildman–Crippen LogP) is 5.01. The Morgan fingerprint density at radius 2 is 1.64 bits per heavy atom. The summed E-state index contributed by atoms with van der Waals surface area (Å²) in [6.45, 7) is 11.6. The van der Waals surface area contributed by atoms with Crippen molar-refractivity contribution in [3.63, 3.8) is 0 Å². The number of rotatable bonds is 11. The van der Waals surface area contributed by atoms with E-state index in [2.05, 4.69) is 17.2 Å². The van der Waals surface area contributed by atoms with Crippen LogP contribution in [-0.4, -0.2) is 45.6 Å². The Bertz CT molecular complexity index is 1050. The molecule has 1 unspecified atom stereocenters. The zero-order valence-corrected chi connectivity index (χ0v) is 22.0. The Balaban J connectivity index is 2.35. The molecule has 2 aromatic rings. The first-order valence-corrected chi connectivity index (χ1v) is 11.5. The predicted molar refractivity (Wildman–Crippen MR) is 138 cm³/mol. The van der Waals surface area contributed by atoms with Crippen LogP contribution in [0.15, 0.2) is 48.6 Å². The van der Waals surface area contributed by atoms with Crippen molar-refractivity contribution in [1.82, 2.24) is 5.32 Å². The fraction of sp³-hybridized carbons (Fsp3) is 0.407. The van der Waals surface area contributed by atoms with Gasteiger partial charge >= 0.3 is 12.1 Å². The molecule has 0 aliphatic heterocycles. The van der Waals surface area contributed by atoms with E-state index < -0.39 is 23.7 Å². The average Bonchev–Trinajstić information content (AvgIpc) is 2.82. The highest BCUT2D eigenvalue weighted by molar-refractivity contribution is 5.90. The summed E-state index contributed by atoms with van der Waals surface area (Å²) in [4.78, 5) is 24.8. The summed E-state index contributed by atoms with van der Waals surface area (Å²) in [5.74, 6) is 0.985. The second-order valence-corrected chi connectivity index (χ2v) is 8.85. The zero-order chi connectivity index (χ0) is 26.9. The Morgan fingerprint density at radius 3 is 2.17 bits per heavy atom. The van der Waals surface area contributed by atoms with Crippen LogP contribution in [0.4, 0.5) is 10.5 Å². The first-order valence-electron chi connectivity index (χ1n) is 11.5. The summed E-state index contributed by atoms with van der Waals surface area (Å²) in [5, 5.41) is 6.08. The van der Waals surface area contributed by atoms with Gasteiger partial charge in [0.05, 0.1) is 39.6 Å². The molecule has 0 radical (unpaired) electrons. The van der Waals surface area contributed by atoms with Crippen molar-refractivity contribution >= 4 is 17.7 Å². The van der Waals surface area contributed by atoms with Gasteiger partial charge in [-0.15, -0.1) is 0 Å². The van der Waals surface area contributed by atoms with E-state index in [1.807, 2.05) is 18.2 Å². The molecule has 0 saturated carbocycles. The average molecular weight is 501 g/mol. The number of benzene rings is 2. The van der Waals surface area contributed by atoms with Crippen LogP contribution >= 0.6 is 0 Å². The number of anilines is 1. The van der Waals surface area contributed by atoms with Crippen LogP contribution in [0.25, 0.3) is 0 Å². The van der Waals surface area contributed by atoms with Crippen LogP contribution in [0, 0.1) is 0 Å². The van der Waals surface area contributed by atoms with Crippen molar-refractivity contribution in [3.05, 3.63) is 59.7 Å². The molecule has 0 bridgehead atoms. The molecular weight excluding hydrogens is 464 g/mol. The normalized spacial score (nSPS) is 11.8. The lowest BCUT2D eigenvalue weighted by Crippen LogP contribution is -2.28. The Labute approximate surface area is 212 Å². The van der Waals surface area contributed by atoms with E-state index >= 15 is 0 Å². The number of methoxy groups -OCH3 is 3. The number of amides is 1. The van der Waals surface area contributed by atoms with Gasteiger partial charge in [-0.05, 0) is 63.1 Å². The highest BCUT2D eigenvalue weighted by atomic mass is 16.6. The quantitative estimate of drug-likeness (QED) is 0.328. The summed E-state index contributed by atoms with van der Waals surface area (Å²) in [6.07, 6.45) is -0.578. The Morgan fingerprint density at radius 1 is 1.00 bits per heavy atom. The summed E-state index contributed by atoms with van der Waals surface area (Å²) in [7, 11) is 4.63. The highest BCUT2D eigenvalue weighted by Crippen LogP contribution is 2.38. The van der Waals surface area contributed by atoms with E-state index in [1.165, 1.54) is 7.11 Å². The van der Waals surface area contributed by atoms with Crippen molar-refractivity contribution in [2.75, 3.05) is 33.3 Å². The third-order valence-corrected chi connectivity index (χ3v) is 4.99. The molecule has 2 N–H and O–H groups in total. The number of carbonyl (C=O) groups excluding carboxylic acids is 2. The SMILES string of the molecule is C=C(C(=O)OCC)C(NCc1cc(OC)c(OC)c(OC)c1)c1cccc(NC(=O)OC(C)(C)C)c1. The van der Waals surface area contributed by atoms with Gasteiger partial charge in [0.15, 0.2) is 11.5 Å². The molecule has 1 amide bonds. The van der Waals surface area contributed by atoms with E-state index in [9.17, 15) is 9.59 Å². The van der Waals surface area contributed by atoms with Gasteiger partial charge in [0.2, 0.25) is 5.75 Å². The third kappa shape index (κ3) is 7.91. The van der Waals surface area contributed by atoms with Crippen LogP contribution in [0.3, 0.4) is 0 Å². The molecule has 2 rings (SSSR count). The summed E-state index contributed by atoms with van der Waals surface area (Å²) in [5.41, 5.74) is 1.63. The van der Waals surface area contributed by atoms with Crippen molar-refractivity contribution in [2.45, 2.75) is 45.9 Å². The van der Waals surface area contributed by atoms with Crippen LogP contribution in [-0.2, 0) is 20.8 Å². The lowest BCUT2D eigenvalue weighted by molar-refractivity contribution is -0.138. The molecule has 9 heteroatoms. The fourth-order valence-electron chi connectivity index (χ4n) is 3.46. The minimum atomic E-state index is -0.634. The number of carbonyl (C=O) groups is 2. The van der Waals surface area contributed by atoms with E-state index in [0.717, 1.165) is 5.56 Å². The van der Waals surface area contributed by atoms with Gasteiger partial charge < -0.3 is 29.0 Å². The standard InChI is InChI=1S/C27H36N2O7/c1-9-35-25(30)17(2)23(19-11-10-12-20(15-19)29-26(31)36-27(3,4)5)28-16-18-13-21(32-6)24(34-8)22(14-18)33-7/h10-15,23,28H,2,9,16H2,1,3-8H3,(H,29,31). The maximum absolute atomic E-state index is 12.6. The summed E-state index contributed by atoms with van der Waals surface area (Å²) >= 11 is 0. The number of hydrogen-bond acceptors (Lipinski definition) is 8. The molecule has 9 nitrogen and oxygen atoms in total. The van der Waals surface area contributed by atoms with E-state index in [1.54, 1.807) is 60.1 Å². The second-order valence-electron chi connectivity index (χ2n) is 8.85. The molecule has 2 aromatic carbocycles. The largest absolute Gasteiger partial charge is 0.493 e. The lowest BCUT2D eigenvalue weighted by Gasteiger charge is -2.23. The third-order valence-electron chi connectivity index (χ3n) is 4.99. The Kier molecular flexibility index (Phi) is 10.2. The van der Waals surface area contributed by atoms with Gasteiger partial charge in [-0.1, -0.05) is 18.7 Å². The number of hydrogen-bond donors (Lipinski definition) is 2. The number of esters is 1. The van der Waals surface area contributed by atoms with Gasteiger partial charge in [-0.2, -0.15) is 0 Å². The molecule has 36 heavy (non-hydrogen) atoms. The maximum atomic E-state index is 12.6. The molecule has 0 aromatic heterocycles. The van der Waals surface area contributed by atoms with Crippen LogP contribution in [0.5, 0.6) is 17.2 Å². The fourth-order valence-corrected chi connectivity index (χ4v) is 3.46. The number of nitrogens with one attached hydrogen (secondary N) is 2. The van der Waals surface area contributed by atoms with Crippen molar-refractivity contribution in [3.8, 4) is 17.2 Å². The molecule has 196 valence electrons. The molecule has 1 atom stereocenters. The van der Waals surface area contributed by atoms with Gasteiger partial charge in [-0.3, -0.25) is 5.32 Å². The van der Waals surface area contributed by atoms with Crippen molar-refractivity contribution < 1.29 is 33.3 Å². The van der Waals surface area contributed by atoms with Crippen molar-refractivity contribution in [1.29, 1.82) is 0 Å². The molecule has 0 fully saturated rings. The lowest BCUT2D eigenvalue weighted by atomic mass is 9.98. The summed E-state index contributed by atoms with van der Waals surface area (Å²) < 4.78 is 26.8. The number of ether oxygens (including phenoxy) is 5. The van der Waals surface area contributed by atoms with E-state index in [4.69, 9.17) is 23.7 Å². The molecule has 0 heterocycles. The molecular formula is C27H36N2O7. The summed E-state index contributed by atoms with van der Waals surface area (Å²) in [6, 6.07) is 10.1. The van der Waals surface area contributed by atoms with Crippen LogP contribution in [0.1, 0.15) is 44.9 Å². The highest BCUT2D eigenvalue weighted by Gasteiger charge is 2.23. The second kappa shape index (κ2) is 12.8. The topological polar surface area (TPSA) is 104 Å². The first-order chi connectivity index (χ1) is 17.0. The molecule has 0 aliphatic carbocycles. The van der Waals surface area contributed by atoms with E-state index in [-0.39, 0.29) is 12.2 Å². The minimum Gasteiger partial charge on any atom is -0.493 e. The monoisotopic (exact) mass is 500 g/mol. The zero-order valence-electron chi connectivity index (χ0n) is 22.0. The van der Waals surface area contributed by atoms with Gasteiger partial charge in [0, 0.05) is 12.2 Å². The van der Waals surface area contributed by atoms with Crippen LogP contribution < -0.4 is 24.8 Å². The first kappa shape index (κ1) is 28.5. The van der Waals surface area contributed by atoms with Gasteiger partial charge in [0.25, 0.3) is 0 Å². The van der Waals surface area contributed by atoms with Crippen molar-refractivity contribution in [2.24, 2.45) is 0 Å². The molecule has 0 spiro atoms. The maximum Gasteiger partial charge on any atom is 0.412 e. The Hall–Kier alpha value is -3.72. The van der Waals surface area contributed by atoms with E-state index in [0.29, 0.717) is 35.0 Å².